The summed E-state index contributed by atoms with van der Waals surface area (Å²) in [5, 5.41) is 28.0. The van der Waals surface area contributed by atoms with E-state index in [1.807, 2.05) is 38.1 Å². The van der Waals surface area contributed by atoms with Gasteiger partial charge < -0.3 is 15.5 Å². The van der Waals surface area contributed by atoms with E-state index in [0.29, 0.717) is 5.82 Å². The second kappa shape index (κ2) is 7.91. The van der Waals surface area contributed by atoms with E-state index in [4.69, 9.17) is 5.11 Å². The van der Waals surface area contributed by atoms with Gasteiger partial charge in [0.15, 0.2) is 0 Å². The molecule has 0 bridgehead atoms. The molecule has 0 aliphatic carbocycles. The summed E-state index contributed by atoms with van der Waals surface area (Å²) in [6.07, 6.45) is -1.12. The van der Waals surface area contributed by atoms with Gasteiger partial charge in [0.25, 0.3) is 0 Å². The molecule has 0 spiro atoms. The third kappa shape index (κ3) is 4.88. The number of hydrogen-bond acceptors (Lipinski definition) is 5. The fourth-order valence-corrected chi connectivity index (χ4v) is 2.33. The molecule has 1 aromatic heterocycles. The van der Waals surface area contributed by atoms with E-state index in [1.54, 1.807) is 10.7 Å². The molecule has 1 amide bonds. The van der Waals surface area contributed by atoms with Crippen molar-refractivity contribution in [3.8, 4) is 5.69 Å². The van der Waals surface area contributed by atoms with E-state index in [1.165, 1.54) is 6.92 Å². The lowest BCUT2D eigenvalue weighted by molar-refractivity contribution is -0.142. The molecule has 2 rings (SSSR count). The van der Waals surface area contributed by atoms with Crippen LogP contribution in [0.3, 0.4) is 0 Å². The molecule has 0 fully saturated rings. The first-order valence-electron chi connectivity index (χ1n) is 7.85. The molecule has 0 aliphatic heterocycles. The van der Waals surface area contributed by atoms with Crippen LogP contribution in [0.25, 0.3) is 5.69 Å². The monoisotopic (exact) mass is 346 g/mol. The molecule has 2 aromatic rings. The van der Waals surface area contributed by atoms with Gasteiger partial charge in [-0.05, 0) is 32.9 Å². The van der Waals surface area contributed by atoms with Crippen molar-refractivity contribution < 1.29 is 19.8 Å². The number of aliphatic hydroxyl groups is 1. The molecule has 2 atom stereocenters. The molecule has 0 saturated heterocycles. The second-order valence-electron chi connectivity index (χ2n) is 5.90. The predicted molar refractivity (Wildman–Crippen MR) is 92.8 cm³/mol. The highest BCUT2D eigenvalue weighted by atomic mass is 16.4. The van der Waals surface area contributed by atoms with Crippen molar-refractivity contribution in [3.63, 3.8) is 0 Å². The number of carbonyl (C=O) groups is 2. The number of aromatic nitrogens is 2. The molecule has 8 nitrogen and oxygen atoms in total. The van der Waals surface area contributed by atoms with Crippen molar-refractivity contribution in [3.05, 3.63) is 41.6 Å². The molecule has 1 heterocycles. The van der Waals surface area contributed by atoms with Crippen LogP contribution in [-0.4, -0.2) is 50.6 Å². The zero-order valence-electron chi connectivity index (χ0n) is 14.4. The fourth-order valence-electron chi connectivity index (χ4n) is 2.33. The summed E-state index contributed by atoms with van der Waals surface area (Å²) in [7, 11) is 0. The number of anilines is 1. The van der Waals surface area contributed by atoms with E-state index in [0.717, 1.165) is 16.9 Å². The molecular weight excluding hydrogens is 324 g/mol. The number of nitrogens with zero attached hydrogens (tertiary/aromatic N) is 2. The van der Waals surface area contributed by atoms with Crippen molar-refractivity contribution >= 4 is 17.7 Å². The molecule has 25 heavy (non-hydrogen) atoms. The van der Waals surface area contributed by atoms with E-state index in [-0.39, 0.29) is 6.54 Å². The topological polar surface area (TPSA) is 116 Å². The van der Waals surface area contributed by atoms with Crippen molar-refractivity contribution in [1.82, 2.24) is 15.1 Å². The highest BCUT2D eigenvalue weighted by Gasteiger charge is 2.23. The van der Waals surface area contributed by atoms with Crippen molar-refractivity contribution in [2.75, 3.05) is 11.9 Å². The Morgan fingerprint density at radius 2 is 1.88 bits per heavy atom. The van der Waals surface area contributed by atoms with Gasteiger partial charge in [-0.2, -0.15) is 5.10 Å². The number of hydrogen-bond donors (Lipinski definition) is 4. The Bertz CT molecular complexity index is 753. The number of rotatable bonds is 7. The standard InChI is InChI=1S/C17H22N4O4/c1-10-4-6-13(7-5-10)21-14(8-11(2)20-21)19-15(23)9-18-16(12(3)22)17(24)25/h4-8,12,16,18,22H,9H2,1-3H3,(H,19,23)(H,24,25)/t12-,16+/m1/s1. The average molecular weight is 346 g/mol. The quantitative estimate of drug-likeness (QED) is 0.591. The predicted octanol–water partition coefficient (Wildman–Crippen LogP) is 0.851. The van der Waals surface area contributed by atoms with Gasteiger partial charge in [0, 0.05) is 6.07 Å². The minimum atomic E-state index is -1.22. The Hall–Kier alpha value is -2.71. The van der Waals surface area contributed by atoms with Gasteiger partial charge in [-0.1, -0.05) is 17.7 Å². The van der Waals surface area contributed by atoms with Crippen molar-refractivity contribution in [2.45, 2.75) is 32.9 Å². The number of benzene rings is 1. The van der Waals surface area contributed by atoms with E-state index in [2.05, 4.69) is 15.7 Å². The van der Waals surface area contributed by atoms with Crippen LogP contribution in [-0.2, 0) is 9.59 Å². The largest absolute Gasteiger partial charge is 0.480 e. The number of aliphatic carboxylic acids is 1. The summed E-state index contributed by atoms with van der Waals surface area (Å²) in [4.78, 5) is 23.1. The SMILES string of the molecule is Cc1ccc(-n2nc(C)cc2NC(=O)CN[C@H](C(=O)O)[C@@H](C)O)cc1. The van der Waals surface area contributed by atoms with Crippen molar-refractivity contribution in [1.29, 1.82) is 0 Å². The summed E-state index contributed by atoms with van der Waals surface area (Å²) in [6, 6.07) is 8.18. The van der Waals surface area contributed by atoms with Crippen LogP contribution in [0.5, 0.6) is 0 Å². The zero-order chi connectivity index (χ0) is 18.6. The van der Waals surface area contributed by atoms with Gasteiger partial charge in [0.1, 0.15) is 11.9 Å². The lowest BCUT2D eigenvalue weighted by atomic mass is 10.2. The Kier molecular flexibility index (Phi) is 5.89. The Morgan fingerprint density at radius 1 is 1.24 bits per heavy atom. The Balaban J connectivity index is 2.09. The van der Waals surface area contributed by atoms with Gasteiger partial charge in [-0.3, -0.25) is 14.9 Å². The lowest BCUT2D eigenvalue weighted by Gasteiger charge is -2.16. The van der Waals surface area contributed by atoms with E-state index < -0.39 is 24.0 Å². The first-order chi connectivity index (χ1) is 11.8. The first kappa shape index (κ1) is 18.6. The van der Waals surface area contributed by atoms with Crippen LogP contribution >= 0.6 is 0 Å². The number of aryl methyl sites for hydroxylation is 2. The minimum absolute atomic E-state index is 0.250. The van der Waals surface area contributed by atoms with E-state index in [9.17, 15) is 14.7 Å². The van der Waals surface area contributed by atoms with Crippen LogP contribution in [0.15, 0.2) is 30.3 Å². The molecule has 134 valence electrons. The molecule has 0 saturated carbocycles. The smallest absolute Gasteiger partial charge is 0.323 e. The molecule has 0 radical (unpaired) electrons. The number of aliphatic hydroxyl groups excluding tert-OH is 1. The Morgan fingerprint density at radius 3 is 2.44 bits per heavy atom. The second-order valence-corrected chi connectivity index (χ2v) is 5.90. The van der Waals surface area contributed by atoms with Crippen LogP contribution in [0.1, 0.15) is 18.2 Å². The van der Waals surface area contributed by atoms with E-state index >= 15 is 0 Å². The number of carbonyl (C=O) groups excluding carboxylic acids is 1. The number of carboxylic acid groups (broad SMARTS) is 1. The van der Waals surface area contributed by atoms with Crippen LogP contribution in [0, 0.1) is 13.8 Å². The number of amides is 1. The maximum absolute atomic E-state index is 12.1. The van der Waals surface area contributed by atoms with Crippen LogP contribution < -0.4 is 10.6 Å². The highest BCUT2D eigenvalue weighted by molar-refractivity contribution is 5.92. The summed E-state index contributed by atoms with van der Waals surface area (Å²) in [5.74, 6) is -1.17. The summed E-state index contributed by atoms with van der Waals surface area (Å²) in [6.45, 7) is 4.89. The molecule has 4 N–H and O–H groups in total. The van der Waals surface area contributed by atoms with Gasteiger partial charge in [-0.25, -0.2) is 4.68 Å². The summed E-state index contributed by atoms with van der Waals surface area (Å²) < 4.78 is 1.61. The number of carboxylic acids is 1. The average Bonchev–Trinajstić information content (AvgIpc) is 2.88. The zero-order valence-corrected chi connectivity index (χ0v) is 14.4. The third-order valence-electron chi connectivity index (χ3n) is 3.61. The van der Waals surface area contributed by atoms with Gasteiger partial charge in [-0.15, -0.1) is 0 Å². The molecular formula is C17H22N4O4. The third-order valence-corrected chi connectivity index (χ3v) is 3.61. The maximum atomic E-state index is 12.1. The lowest BCUT2D eigenvalue weighted by Crippen LogP contribution is -2.47. The summed E-state index contributed by atoms with van der Waals surface area (Å²) in [5.41, 5.74) is 2.64. The molecule has 0 unspecified atom stereocenters. The minimum Gasteiger partial charge on any atom is -0.480 e. The molecule has 1 aromatic carbocycles. The van der Waals surface area contributed by atoms with Crippen molar-refractivity contribution in [2.24, 2.45) is 0 Å². The molecule has 8 heteroatoms. The fraction of sp³-hybridized carbons (Fsp3) is 0.353. The first-order valence-corrected chi connectivity index (χ1v) is 7.85. The Labute approximate surface area is 145 Å². The maximum Gasteiger partial charge on any atom is 0.323 e. The van der Waals surface area contributed by atoms with Gasteiger partial charge >= 0.3 is 5.97 Å². The summed E-state index contributed by atoms with van der Waals surface area (Å²) >= 11 is 0. The van der Waals surface area contributed by atoms with Crippen LogP contribution in [0.4, 0.5) is 5.82 Å². The van der Waals surface area contributed by atoms with Gasteiger partial charge in [0.2, 0.25) is 5.91 Å². The molecule has 0 aliphatic rings. The number of nitrogens with one attached hydrogen (secondary N) is 2. The highest BCUT2D eigenvalue weighted by Crippen LogP contribution is 2.17. The van der Waals surface area contributed by atoms with Gasteiger partial charge in [0.05, 0.1) is 24.0 Å². The van der Waals surface area contributed by atoms with Crippen LogP contribution in [0.2, 0.25) is 0 Å². The normalized spacial score (nSPS) is 13.3.